The minimum atomic E-state index is -1.09. The van der Waals surface area contributed by atoms with Crippen molar-refractivity contribution in [1.82, 2.24) is 4.98 Å². The Labute approximate surface area is 85.8 Å². The van der Waals surface area contributed by atoms with Crippen molar-refractivity contribution in [3.63, 3.8) is 0 Å². The number of aromatic carboxylic acids is 1. The third kappa shape index (κ3) is 1.40. The van der Waals surface area contributed by atoms with Crippen LogP contribution in [0.4, 0.5) is 10.2 Å². The summed E-state index contributed by atoms with van der Waals surface area (Å²) in [6, 6.07) is 1.17. The molecule has 2 heterocycles. The molecule has 5 heteroatoms. The summed E-state index contributed by atoms with van der Waals surface area (Å²) in [5.41, 5.74) is 0.867. The zero-order valence-corrected chi connectivity index (χ0v) is 8.39. The van der Waals surface area contributed by atoms with Gasteiger partial charge in [0.15, 0.2) is 0 Å². The lowest BCUT2D eigenvalue weighted by Crippen LogP contribution is -2.21. The SMILES string of the molecule is CC1=C(F)c2cc(C(=O)O)[nH]c2NC1C. The lowest BCUT2D eigenvalue weighted by Gasteiger charge is -2.21. The van der Waals surface area contributed by atoms with Crippen molar-refractivity contribution in [3.05, 3.63) is 22.9 Å². The maximum absolute atomic E-state index is 13.7. The average molecular weight is 210 g/mol. The third-order valence-electron chi connectivity index (χ3n) is 2.64. The van der Waals surface area contributed by atoms with E-state index in [0.29, 0.717) is 17.0 Å². The molecule has 0 radical (unpaired) electrons. The second-order valence-corrected chi connectivity index (χ2v) is 3.64. The first-order chi connectivity index (χ1) is 7.00. The number of H-pyrrole nitrogens is 1. The van der Waals surface area contributed by atoms with Crippen LogP contribution in [0.1, 0.15) is 29.9 Å². The van der Waals surface area contributed by atoms with Gasteiger partial charge in [-0.05, 0) is 25.5 Å². The highest BCUT2D eigenvalue weighted by Crippen LogP contribution is 2.34. The summed E-state index contributed by atoms with van der Waals surface area (Å²) in [4.78, 5) is 13.3. The Hall–Kier alpha value is -1.78. The number of hydrogen-bond acceptors (Lipinski definition) is 2. The summed E-state index contributed by atoms with van der Waals surface area (Å²) in [7, 11) is 0. The molecule has 80 valence electrons. The van der Waals surface area contributed by atoms with Gasteiger partial charge in [0.2, 0.25) is 0 Å². The number of nitrogens with one attached hydrogen (secondary N) is 2. The second-order valence-electron chi connectivity index (χ2n) is 3.64. The van der Waals surface area contributed by atoms with Crippen LogP contribution in [-0.2, 0) is 0 Å². The van der Waals surface area contributed by atoms with Crippen molar-refractivity contribution < 1.29 is 14.3 Å². The topological polar surface area (TPSA) is 65.1 Å². The quantitative estimate of drug-likeness (QED) is 0.665. The van der Waals surface area contributed by atoms with Gasteiger partial charge in [-0.15, -0.1) is 0 Å². The number of carboxylic acids is 1. The number of carboxylic acid groups (broad SMARTS) is 1. The minimum Gasteiger partial charge on any atom is -0.477 e. The van der Waals surface area contributed by atoms with E-state index in [1.54, 1.807) is 6.92 Å². The Morgan fingerprint density at radius 1 is 1.60 bits per heavy atom. The first-order valence-electron chi connectivity index (χ1n) is 4.60. The van der Waals surface area contributed by atoms with Gasteiger partial charge in [-0.2, -0.15) is 0 Å². The monoisotopic (exact) mass is 210 g/mol. The van der Waals surface area contributed by atoms with Gasteiger partial charge in [0, 0.05) is 6.04 Å². The molecule has 1 unspecified atom stereocenters. The normalized spacial score (nSPS) is 19.8. The maximum Gasteiger partial charge on any atom is 0.352 e. The fraction of sp³-hybridized carbons (Fsp3) is 0.300. The Bertz CT molecular complexity index is 462. The summed E-state index contributed by atoms with van der Waals surface area (Å²) >= 11 is 0. The van der Waals surface area contributed by atoms with Gasteiger partial charge in [0.25, 0.3) is 0 Å². The fourth-order valence-corrected chi connectivity index (χ4v) is 1.58. The van der Waals surface area contributed by atoms with E-state index >= 15 is 0 Å². The van der Waals surface area contributed by atoms with E-state index in [9.17, 15) is 9.18 Å². The average Bonchev–Trinajstić information content (AvgIpc) is 2.58. The molecule has 15 heavy (non-hydrogen) atoms. The molecule has 1 aromatic heterocycles. The van der Waals surface area contributed by atoms with Crippen LogP contribution in [0.3, 0.4) is 0 Å². The molecular formula is C10H11FN2O2. The van der Waals surface area contributed by atoms with E-state index in [2.05, 4.69) is 10.3 Å². The summed E-state index contributed by atoms with van der Waals surface area (Å²) in [5, 5.41) is 11.8. The van der Waals surface area contributed by atoms with Crippen LogP contribution in [0.15, 0.2) is 11.6 Å². The van der Waals surface area contributed by atoms with E-state index in [-0.39, 0.29) is 17.6 Å². The van der Waals surface area contributed by atoms with E-state index in [1.165, 1.54) is 6.07 Å². The number of carbonyl (C=O) groups is 1. The Kier molecular flexibility index (Phi) is 2.03. The third-order valence-corrected chi connectivity index (χ3v) is 2.64. The molecule has 1 aromatic rings. The minimum absolute atomic E-state index is 0.00968. The van der Waals surface area contributed by atoms with Crippen LogP contribution in [-0.4, -0.2) is 22.1 Å². The molecule has 1 aliphatic heterocycles. The molecule has 1 atom stereocenters. The number of aromatic nitrogens is 1. The van der Waals surface area contributed by atoms with E-state index in [1.807, 2.05) is 6.92 Å². The van der Waals surface area contributed by atoms with Gasteiger partial charge in [0.1, 0.15) is 17.3 Å². The van der Waals surface area contributed by atoms with Crippen LogP contribution in [0, 0.1) is 0 Å². The van der Waals surface area contributed by atoms with Crippen molar-refractivity contribution in [2.45, 2.75) is 19.9 Å². The van der Waals surface area contributed by atoms with Gasteiger partial charge in [-0.1, -0.05) is 0 Å². The lowest BCUT2D eigenvalue weighted by atomic mass is 10.0. The second kappa shape index (κ2) is 3.12. The molecule has 0 saturated carbocycles. The molecule has 0 saturated heterocycles. The van der Waals surface area contributed by atoms with Gasteiger partial charge in [-0.25, -0.2) is 9.18 Å². The molecule has 4 nitrogen and oxygen atoms in total. The first kappa shape index (κ1) is 9.76. The van der Waals surface area contributed by atoms with E-state index < -0.39 is 5.97 Å². The van der Waals surface area contributed by atoms with Gasteiger partial charge >= 0.3 is 5.97 Å². The van der Waals surface area contributed by atoms with Crippen molar-refractivity contribution in [2.24, 2.45) is 0 Å². The van der Waals surface area contributed by atoms with Crippen LogP contribution in [0.5, 0.6) is 0 Å². The Morgan fingerprint density at radius 2 is 2.27 bits per heavy atom. The van der Waals surface area contributed by atoms with Crippen molar-refractivity contribution in [1.29, 1.82) is 0 Å². The summed E-state index contributed by atoms with van der Waals surface area (Å²) in [6.45, 7) is 3.50. The zero-order chi connectivity index (χ0) is 11.2. The molecular weight excluding hydrogens is 199 g/mol. The number of rotatable bonds is 1. The van der Waals surface area contributed by atoms with Gasteiger partial charge in [-0.3, -0.25) is 0 Å². The largest absolute Gasteiger partial charge is 0.477 e. The van der Waals surface area contributed by atoms with Crippen LogP contribution in [0.2, 0.25) is 0 Å². The molecule has 2 rings (SSSR count). The molecule has 0 fully saturated rings. The van der Waals surface area contributed by atoms with E-state index in [4.69, 9.17) is 5.11 Å². The van der Waals surface area contributed by atoms with Crippen molar-refractivity contribution >= 4 is 17.6 Å². The molecule has 3 N–H and O–H groups in total. The summed E-state index contributed by atoms with van der Waals surface area (Å²) in [5.74, 6) is -1.01. The maximum atomic E-state index is 13.7. The molecule has 0 spiro atoms. The predicted molar refractivity (Wildman–Crippen MR) is 54.5 cm³/mol. The number of anilines is 1. The highest BCUT2D eigenvalue weighted by Gasteiger charge is 2.24. The zero-order valence-electron chi connectivity index (χ0n) is 8.39. The van der Waals surface area contributed by atoms with Gasteiger partial charge in [0.05, 0.1) is 5.56 Å². The van der Waals surface area contributed by atoms with E-state index in [0.717, 1.165) is 0 Å². The Balaban J connectivity index is 2.54. The number of hydrogen-bond donors (Lipinski definition) is 3. The molecule has 1 aliphatic rings. The molecule has 0 bridgehead atoms. The van der Waals surface area contributed by atoms with Crippen molar-refractivity contribution in [2.75, 3.05) is 5.32 Å². The fourth-order valence-electron chi connectivity index (χ4n) is 1.58. The molecule has 0 amide bonds. The molecule has 0 aromatic carbocycles. The predicted octanol–water partition coefficient (Wildman–Crippen LogP) is 2.23. The first-order valence-corrected chi connectivity index (χ1v) is 4.60. The number of halogens is 1. The number of fused-ring (bicyclic) bond motifs is 1. The summed E-state index contributed by atoms with van der Waals surface area (Å²) in [6.07, 6.45) is 0. The summed E-state index contributed by atoms with van der Waals surface area (Å²) < 4.78 is 13.7. The number of aromatic amines is 1. The van der Waals surface area contributed by atoms with Crippen molar-refractivity contribution in [3.8, 4) is 0 Å². The Morgan fingerprint density at radius 3 is 2.87 bits per heavy atom. The molecule has 0 aliphatic carbocycles. The van der Waals surface area contributed by atoms with Crippen LogP contribution in [0.25, 0.3) is 5.83 Å². The van der Waals surface area contributed by atoms with Crippen LogP contribution < -0.4 is 5.32 Å². The lowest BCUT2D eigenvalue weighted by molar-refractivity contribution is 0.0691. The highest BCUT2D eigenvalue weighted by molar-refractivity contribution is 5.90. The van der Waals surface area contributed by atoms with Crippen LogP contribution >= 0.6 is 0 Å². The highest BCUT2D eigenvalue weighted by atomic mass is 19.1. The standard InChI is InChI=1S/C10H11FN2O2/c1-4-5(2)12-9-6(8(4)11)3-7(13-9)10(14)15/h3,5,12-13H,1-2H3,(H,14,15). The van der Waals surface area contributed by atoms with Gasteiger partial charge < -0.3 is 15.4 Å². The smallest absolute Gasteiger partial charge is 0.352 e.